The fraction of sp³-hybridized carbons (Fsp3) is 0.778. The van der Waals surface area contributed by atoms with Gasteiger partial charge in [-0.2, -0.15) is 0 Å². The molecule has 0 aromatic heterocycles. The Labute approximate surface area is 85.3 Å². The van der Waals surface area contributed by atoms with E-state index in [2.05, 4.69) is 9.99 Å². The summed E-state index contributed by atoms with van der Waals surface area (Å²) in [5, 5.41) is 3.63. The Morgan fingerprint density at radius 3 is 2.14 bits per heavy atom. The molecule has 0 spiro atoms. The van der Waals surface area contributed by atoms with Crippen LogP contribution in [-0.4, -0.2) is 55.8 Å². The molecule has 0 unspecified atom stereocenters. The summed E-state index contributed by atoms with van der Waals surface area (Å²) < 4.78 is 0. The third kappa shape index (κ3) is 4.23. The van der Waals surface area contributed by atoms with Gasteiger partial charge in [0, 0.05) is 14.1 Å². The minimum atomic E-state index is -0.476. The van der Waals surface area contributed by atoms with Gasteiger partial charge >= 0.3 is 6.09 Å². The summed E-state index contributed by atoms with van der Waals surface area (Å²) in [6, 6.07) is 0. The number of hydrogen-bond acceptors (Lipinski definition) is 4. The topological polar surface area (TPSA) is 45.1 Å². The molecule has 0 atom stereocenters. The SMILES string of the molecule is CN(C)C(=O)O/N=C/C(C)(C)N(C)C. The zero-order valence-electron chi connectivity index (χ0n) is 9.74. The average molecular weight is 201 g/mol. The van der Waals surface area contributed by atoms with Crippen LogP contribution in [0.15, 0.2) is 5.16 Å². The van der Waals surface area contributed by atoms with E-state index in [0.717, 1.165) is 0 Å². The largest absolute Gasteiger partial charge is 0.435 e. The van der Waals surface area contributed by atoms with Gasteiger partial charge in [0.1, 0.15) is 0 Å². The maximum absolute atomic E-state index is 11.0. The highest BCUT2D eigenvalue weighted by Gasteiger charge is 2.17. The summed E-state index contributed by atoms with van der Waals surface area (Å²) >= 11 is 0. The van der Waals surface area contributed by atoms with Crippen molar-refractivity contribution < 1.29 is 9.63 Å². The molecule has 0 aliphatic carbocycles. The predicted molar refractivity (Wildman–Crippen MR) is 56.4 cm³/mol. The van der Waals surface area contributed by atoms with Gasteiger partial charge in [0.05, 0.1) is 11.8 Å². The molecule has 0 saturated carbocycles. The Hall–Kier alpha value is -1.10. The Balaban J connectivity index is 4.13. The van der Waals surface area contributed by atoms with E-state index in [4.69, 9.17) is 0 Å². The smallest absolute Gasteiger partial charge is 0.312 e. The van der Waals surface area contributed by atoms with Crippen molar-refractivity contribution in [3.8, 4) is 0 Å². The van der Waals surface area contributed by atoms with Gasteiger partial charge < -0.3 is 4.90 Å². The first-order valence-corrected chi connectivity index (χ1v) is 4.37. The van der Waals surface area contributed by atoms with E-state index >= 15 is 0 Å². The molecule has 0 N–H and O–H groups in total. The van der Waals surface area contributed by atoms with Crippen molar-refractivity contribution in [1.29, 1.82) is 0 Å². The molecule has 82 valence electrons. The maximum atomic E-state index is 11.0. The highest BCUT2D eigenvalue weighted by atomic mass is 16.7. The van der Waals surface area contributed by atoms with Crippen molar-refractivity contribution in [2.45, 2.75) is 19.4 Å². The molecule has 5 heteroatoms. The average Bonchev–Trinajstić information content (AvgIpc) is 2.03. The van der Waals surface area contributed by atoms with E-state index in [1.54, 1.807) is 20.3 Å². The van der Waals surface area contributed by atoms with Crippen LogP contribution in [0.1, 0.15) is 13.8 Å². The minimum absolute atomic E-state index is 0.230. The Bertz CT molecular complexity index is 222. The van der Waals surface area contributed by atoms with Crippen molar-refractivity contribution >= 4 is 12.3 Å². The zero-order chi connectivity index (χ0) is 11.4. The van der Waals surface area contributed by atoms with Gasteiger partial charge in [-0.1, -0.05) is 5.16 Å². The van der Waals surface area contributed by atoms with Crippen LogP contribution in [0.4, 0.5) is 4.79 Å². The second-order valence-corrected chi connectivity index (χ2v) is 4.03. The minimum Gasteiger partial charge on any atom is -0.312 e. The van der Waals surface area contributed by atoms with Gasteiger partial charge in [-0.15, -0.1) is 0 Å². The molecule has 0 aromatic rings. The molecule has 0 saturated heterocycles. The molecular formula is C9H19N3O2. The van der Waals surface area contributed by atoms with Crippen LogP contribution >= 0.6 is 0 Å². The van der Waals surface area contributed by atoms with Gasteiger partial charge in [0.2, 0.25) is 0 Å². The normalized spacial score (nSPS) is 12.2. The third-order valence-corrected chi connectivity index (χ3v) is 2.02. The quantitative estimate of drug-likeness (QED) is 0.389. The number of oxime groups is 1. The fourth-order valence-corrected chi connectivity index (χ4v) is 0.398. The third-order valence-electron chi connectivity index (χ3n) is 2.02. The van der Waals surface area contributed by atoms with Crippen molar-refractivity contribution in [1.82, 2.24) is 9.80 Å². The van der Waals surface area contributed by atoms with E-state index in [1.165, 1.54) is 4.90 Å². The number of carbonyl (C=O) groups excluding carboxylic acids is 1. The highest BCUT2D eigenvalue weighted by molar-refractivity contribution is 5.71. The predicted octanol–water partition coefficient (Wildman–Crippen LogP) is 1.01. The molecule has 0 rings (SSSR count). The monoisotopic (exact) mass is 201 g/mol. The lowest BCUT2D eigenvalue weighted by Gasteiger charge is -2.27. The number of hydrogen-bond donors (Lipinski definition) is 0. The highest BCUT2D eigenvalue weighted by Crippen LogP contribution is 2.06. The van der Waals surface area contributed by atoms with Crippen molar-refractivity contribution in [3.05, 3.63) is 0 Å². The molecule has 1 amide bonds. The molecule has 0 fully saturated rings. The van der Waals surface area contributed by atoms with Gasteiger partial charge in [0.15, 0.2) is 0 Å². The van der Waals surface area contributed by atoms with E-state index in [0.29, 0.717) is 0 Å². The summed E-state index contributed by atoms with van der Waals surface area (Å²) in [5.41, 5.74) is -0.230. The van der Waals surface area contributed by atoms with Gasteiger partial charge in [-0.25, -0.2) is 4.79 Å². The summed E-state index contributed by atoms with van der Waals surface area (Å²) in [7, 11) is 7.07. The summed E-state index contributed by atoms with van der Waals surface area (Å²) in [4.78, 5) is 18.9. The fourth-order valence-electron chi connectivity index (χ4n) is 0.398. The van der Waals surface area contributed by atoms with Crippen LogP contribution in [0.3, 0.4) is 0 Å². The Morgan fingerprint density at radius 1 is 1.29 bits per heavy atom. The van der Waals surface area contributed by atoms with E-state index in [-0.39, 0.29) is 5.54 Å². The second kappa shape index (κ2) is 4.95. The number of rotatable bonds is 3. The molecule has 14 heavy (non-hydrogen) atoms. The summed E-state index contributed by atoms with van der Waals surface area (Å²) in [5.74, 6) is 0. The van der Waals surface area contributed by atoms with E-state index in [1.807, 2.05) is 32.8 Å². The first-order chi connectivity index (χ1) is 6.27. The molecular weight excluding hydrogens is 182 g/mol. The number of nitrogens with zero attached hydrogens (tertiary/aromatic N) is 3. The lowest BCUT2D eigenvalue weighted by molar-refractivity contribution is 0.121. The summed E-state index contributed by atoms with van der Waals surface area (Å²) in [6.07, 6.45) is 1.12. The maximum Gasteiger partial charge on any atom is 0.435 e. The van der Waals surface area contributed by atoms with Crippen molar-refractivity contribution in [3.63, 3.8) is 0 Å². The second-order valence-electron chi connectivity index (χ2n) is 4.03. The van der Waals surface area contributed by atoms with E-state index in [9.17, 15) is 4.79 Å². The summed E-state index contributed by atoms with van der Waals surface area (Å²) in [6.45, 7) is 3.94. The molecule has 0 aliphatic heterocycles. The molecule has 0 aromatic carbocycles. The Kier molecular flexibility index (Phi) is 4.56. The van der Waals surface area contributed by atoms with Gasteiger partial charge in [0.25, 0.3) is 0 Å². The molecule has 0 heterocycles. The lowest BCUT2D eigenvalue weighted by Crippen LogP contribution is -2.39. The van der Waals surface area contributed by atoms with Crippen LogP contribution in [0.2, 0.25) is 0 Å². The zero-order valence-corrected chi connectivity index (χ0v) is 9.74. The van der Waals surface area contributed by atoms with Crippen LogP contribution < -0.4 is 0 Å². The van der Waals surface area contributed by atoms with Crippen molar-refractivity contribution in [2.24, 2.45) is 5.16 Å². The first kappa shape index (κ1) is 12.9. The Morgan fingerprint density at radius 2 is 1.79 bits per heavy atom. The van der Waals surface area contributed by atoms with Gasteiger partial charge in [-0.3, -0.25) is 9.74 Å². The number of carbonyl (C=O) groups is 1. The van der Waals surface area contributed by atoms with E-state index < -0.39 is 6.09 Å². The molecule has 0 aliphatic rings. The lowest BCUT2D eigenvalue weighted by atomic mass is 10.1. The van der Waals surface area contributed by atoms with Crippen LogP contribution in [0.25, 0.3) is 0 Å². The van der Waals surface area contributed by atoms with Crippen LogP contribution in [-0.2, 0) is 4.84 Å². The number of amides is 1. The molecule has 0 bridgehead atoms. The first-order valence-electron chi connectivity index (χ1n) is 4.37. The molecule has 5 nitrogen and oxygen atoms in total. The van der Waals surface area contributed by atoms with Crippen molar-refractivity contribution in [2.75, 3.05) is 28.2 Å². The molecule has 0 radical (unpaired) electrons. The van der Waals surface area contributed by atoms with Crippen LogP contribution in [0, 0.1) is 0 Å². The van der Waals surface area contributed by atoms with Gasteiger partial charge in [-0.05, 0) is 27.9 Å². The standard InChI is InChI=1S/C9H19N3O2/c1-9(2,12(5)6)7-10-14-8(13)11(3)4/h7H,1-6H3/b10-7+. The van der Waals surface area contributed by atoms with Crippen LogP contribution in [0.5, 0.6) is 0 Å².